The smallest absolute Gasteiger partial charge is 0.251 e. The number of rotatable bonds is 4. The van der Waals surface area contributed by atoms with Gasteiger partial charge in [-0.3, -0.25) is 4.79 Å². The van der Waals surface area contributed by atoms with Gasteiger partial charge in [0.1, 0.15) is 0 Å². The molecule has 0 unspecified atom stereocenters. The number of ether oxygens (including phenoxy) is 1. The van der Waals surface area contributed by atoms with E-state index in [-0.39, 0.29) is 5.91 Å². The number of fused-ring (bicyclic) bond motifs is 1. The molecule has 20 heavy (non-hydrogen) atoms. The normalized spacial score (nSPS) is 18.8. The van der Waals surface area contributed by atoms with Crippen LogP contribution >= 0.6 is 0 Å². The molecule has 0 aromatic heterocycles. The van der Waals surface area contributed by atoms with Gasteiger partial charge in [0.15, 0.2) is 0 Å². The number of hydrogen-bond acceptors (Lipinski definition) is 3. The van der Waals surface area contributed by atoms with Gasteiger partial charge in [0.2, 0.25) is 0 Å². The van der Waals surface area contributed by atoms with Crippen molar-refractivity contribution in [3.8, 4) is 0 Å². The summed E-state index contributed by atoms with van der Waals surface area (Å²) in [5, 5.41) is 6.40. The SMILES string of the molecule is O=C(NCCC1CCNCC1)c1ccc2c(c1)COC2. The fourth-order valence-electron chi connectivity index (χ4n) is 2.98. The molecule has 0 saturated carbocycles. The van der Waals surface area contributed by atoms with Crippen LogP contribution in [0.25, 0.3) is 0 Å². The van der Waals surface area contributed by atoms with E-state index in [0.717, 1.165) is 43.1 Å². The summed E-state index contributed by atoms with van der Waals surface area (Å²) < 4.78 is 5.37. The molecule has 0 bridgehead atoms. The molecule has 2 aliphatic heterocycles. The zero-order valence-electron chi connectivity index (χ0n) is 11.8. The van der Waals surface area contributed by atoms with Crippen LogP contribution in [0.5, 0.6) is 0 Å². The minimum Gasteiger partial charge on any atom is -0.372 e. The van der Waals surface area contributed by atoms with E-state index in [0.29, 0.717) is 13.2 Å². The van der Waals surface area contributed by atoms with E-state index in [9.17, 15) is 4.79 Å². The van der Waals surface area contributed by atoms with Crippen molar-refractivity contribution in [3.63, 3.8) is 0 Å². The first-order valence-corrected chi connectivity index (χ1v) is 7.51. The summed E-state index contributed by atoms with van der Waals surface area (Å²) in [5.74, 6) is 0.790. The molecular formula is C16H22N2O2. The first-order valence-electron chi connectivity index (χ1n) is 7.51. The Morgan fingerprint density at radius 3 is 2.90 bits per heavy atom. The first kappa shape index (κ1) is 13.6. The van der Waals surface area contributed by atoms with Crippen LogP contribution in [0.1, 0.15) is 40.7 Å². The van der Waals surface area contributed by atoms with Crippen LogP contribution in [0.15, 0.2) is 18.2 Å². The van der Waals surface area contributed by atoms with Crippen molar-refractivity contribution in [2.45, 2.75) is 32.5 Å². The largest absolute Gasteiger partial charge is 0.372 e. The molecule has 1 saturated heterocycles. The fourth-order valence-corrected chi connectivity index (χ4v) is 2.98. The summed E-state index contributed by atoms with van der Waals surface area (Å²) in [6, 6.07) is 5.86. The van der Waals surface area contributed by atoms with Crippen molar-refractivity contribution in [1.82, 2.24) is 10.6 Å². The maximum Gasteiger partial charge on any atom is 0.251 e. The maximum atomic E-state index is 12.1. The van der Waals surface area contributed by atoms with Crippen LogP contribution in [-0.4, -0.2) is 25.5 Å². The minimum atomic E-state index is 0.0358. The van der Waals surface area contributed by atoms with Crippen LogP contribution in [-0.2, 0) is 18.0 Å². The van der Waals surface area contributed by atoms with Gasteiger partial charge in [-0.05, 0) is 61.5 Å². The van der Waals surface area contributed by atoms with Crippen LogP contribution in [0, 0.1) is 5.92 Å². The number of piperidine rings is 1. The predicted molar refractivity (Wildman–Crippen MR) is 77.5 cm³/mol. The van der Waals surface area contributed by atoms with Crippen molar-refractivity contribution in [2.24, 2.45) is 5.92 Å². The standard InChI is InChI=1S/C16H22N2O2/c19-16(18-8-5-12-3-6-17-7-4-12)13-1-2-14-10-20-11-15(14)9-13/h1-2,9,12,17H,3-8,10-11H2,(H,18,19). The van der Waals surface area contributed by atoms with E-state index in [4.69, 9.17) is 4.74 Å². The molecule has 2 N–H and O–H groups in total. The third kappa shape index (κ3) is 3.19. The highest BCUT2D eigenvalue weighted by Crippen LogP contribution is 2.21. The van der Waals surface area contributed by atoms with Crippen LogP contribution < -0.4 is 10.6 Å². The molecule has 0 radical (unpaired) electrons. The molecule has 0 aliphatic carbocycles. The van der Waals surface area contributed by atoms with E-state index in [1.165, 1.54) is 18.4 Å². The van der Waals surface area contributed by atoms with Gasteiger partial charge in [-0.2, -0.15) is 0 Å². The lowest BCUT2D eigenvalue weighted by molar-refractivity contribution is 0.0950. The summed E-state index contributed by atoms with van der Waals surface area (Å²) in [6.07, 6.45) is 3.54. The van der Waals surface area contributed by atoms with Gasteiger partial charge in [-0.1, -0.05) is 6.07 Å². The zero-order valence-corrected chi connectivity index (χ0v) is 11.8. The molecule has 1 amide bonds. The molecule has 4 heteroatoms. The summed E-state index contributed by atoms with van der Waals surface area (Å²) in [4.78, 5) is 12.1. The Hall–Kier alpha value is -1.39. The van der Waals surface area contributed by atoms with Crippen LogP contribution in [0.4, 0.5) is 0 Å². The summed E-state index contributed by atoms with van der Waals surface area (Å²) >= 11 is 0. The van der Waals surface area contributed by atoms with E-state index in [1.807, 2.05) is 18.2 Å². The number of amides is 1. The molecular weight excluding hydrogens is 252 g/mol. The molecule has 0 spiro atoms. The Bertz CT molecular complexity index is 481. The van der Waals surface area contributed by atoms with Crippen LogP contribution in [0.3, 0.4) is 0 Å². The lowest BCUT2D eigenvalue weighted by atomic mass is 9.95. The molecule has 1 aromatic carbocycles. The topological polar surface area (TPSA) is 50.4 Å². The van der Waals surface area contributed by atoms with Crippen molar-refractivity contribution in [3.05, 3.63) is 34.9 Å². The van der Waals surface area contributed by atoms with Crippen LogP contribution in [0.2, 0.25) is 0 Å². The second kappa shape index (κ2) is 6.37. The maximum absolute atomic E-state index is 12.1. The van der Waals surface area contributed by atoms with Gasteiger partial charge < -0.3 is 15.4 Å². The average molecular weight is 274 g/mol. The summed E-state index contributed by atoms with van der Waals surface area (Å²) in [6.45, 7) is 4.31. The first-order chi connectivity index (χ1) is 9.83. The third-order valence-corrected chi connectivity index (χ3v) is 4.28. The highest BCUT2D eigenvalue weighted by molar-refractivity contribution is 5.94. The van der Waals surface area contributed by atoms with Crippen molar-refractivity contribution in [2.75, 3.05) is 19.6 Å². The van der Waals surface area contributed by atoms with E-state index < -0.39 is 0 Å². The molecule has 2 heterocycles. The second-order valence-corrected chi connectivity index (χ2v) is 5.71. The van der Waals surface area contributed by atoms with Crippen molar-refractivity contribution < 1.29 is 9.53 Å². The van der Waals surface area contributed by atoms with E-state index in [1.54, 1.807) is 0 Å². The lowest BCUT2D eigenvalue weighted by Crippen LogP contribution is -2.31. The Kier molecular flexibility index (Phi) is 4.33. The Balaban J connectivity index is 1.49. The minimum absolute atomic E-state index is 0.0358. The van der Waals surface area contributed by atoms with E-state index in [2.05, 4.69) is 10.6 Å². The van der Waals surface area contributed by atoms with Gasteiger partial charge >= 0.3 is 0 Å². The molecule has 1 fully saturated rings. The van der Waals surface area contributed by atoms with Gasteiger partial charge in [0, 0.05) is 12.1 Å². The summed E-state index contributed by atoms with van der Waals surface area (Å²) in [5.41, 5.74) is 3.10. The lowest BCUT2D eigenvalue weighted by Gasteiger charge is -2.22. The van der Waals surface area contributed by atoms with Crippen molar-refractivity contribution in [1.29, 1.82) is 0 Å². The number of hydrogen-bond donors (Lipinski definition) is 2. The highest BCUT2D eigenvalue weighted by atomic mass is 16.5. The Labute approximate surface area is 119 Å². The molecule has 108 valence electrons. The monoisotopic (exact) mass is 274 g/mol. The summed E-state index contributed by atoms with van der Waals surface area (Å²) in [7, 11) is 0. The van der Waals surface area contributed by atoms with E-state index >= 15 is 0 Å². The van der Waals surface area contributed by atoms with Gasteiger partial charge in [-0.25, -0.2) is 0 Å². The number of nitrogens with one attached hydrogen (secondary N) is 2. The molecule has 0 atom stereocenters. The number of carbonyl (C=O) groups excluding carboxylic acids is 1. The molecule has 3 rings (SSSR count). The quantitative estimate of drug-likeness (QED) is 0.881. The number of carbonyl (C=O) groups is 1. The molecule has 4 nitrogen and oxygen atoms in total. The van der Waals surface area contributed by atoms with Gasteiger partial charge in [0.05, 0.1) is 13.2 Å². The second-order valence-electron chi connectivity index (χ2n) is 5.71. The van der Waals surface area contributed by atoms with Gasteiger partial charge in [0.25, 0.3) is 5.91 Å². The molecule has 2 aliphatic rings. The highest BCUT2D eigenvalue weighted by Gasteiger charge is 2.15. The Morgan fingerprint density at radius 2 is 2.05 bits per heavy atom. The third-order valence-electron chi connectivity index (χ3n) is 4.28. The fraction of sp³-hybridized carbons (Fsp3) is 0.562. The van der Waals surface area contributed by atoms with Crippen molar-refractivity contribution >= 4 is 5.91 Å². The van der Waals surface area contributed by atoms with Gasteiger partial charge in [-0.15, -0.1) is 0 Å². The Morgan fingerprint density at radius 1 is 1.25 bits per heavy atom. The number of benzene rings is 1. The predicted octanol–water partition coefficient (Wildman–Crippen LogP) is 1.84. The average Bonchev–Trinajstić information content (AvgIpc) is 2.95. The molecule has 1 aromatic rings. The zero-order chi connectivity index (χ0) is 13.8.